The molecule has 1 aliphatic rings. The molecule has 0 heterocycles. The van der Waals surface area contributed by atoms with Gasteiger partial charge in [-0.3, -0.25) is 0 Å². The zero-order valence-corrected chi connectivity index (χ0v) is 10.2. The summed E-state index contributed by atoms with van der Waals surface area (Å²) in [4.78, 5) is 0. The Bertz CT molecular complexity index is 205. The molecule has 1 nitrogen and oxygen atoms in total. The van der Waals surface area contributed by atoms with Crippen LogP contribution in [0.3, 0.4) is 0 Å². The molecule has 1 rings (SSSR count). The number of hydrogen-bond donors (Lipinski definition) is 1. The van der Waals surface area contributed by atoms with Crippen LogP contribution >= 0.6 is 0 Å². The summed E-state index contributed by atoms with van der Waals surface area (Å²) in [5.41, 5.74) is -1.60. The predicted molar refractivity (Wildman–Crippen MR) is 59.3 cm³/mol. The first kappa shape index (κ1) is 13.8. The number of nitrogens with one attached hydrogen (secondary N) is 1. The van der Waals surface area contributed by atoms with Crippen molar-refractivity contribution >= 4 is 0 Å². The fourth-order valence-corrected chi connectivity index (χ4v) is 2.50. The normalized spacial score (nSPS) is 31.7. The minimum absolute atomic E-state index is 0.245. The van der Waals surface area contributed by atoms with E-state index in [0.29, 0.717) is 25.3 Å². The molecule has 0 atom stereocenters. The summed E-state index contributed by atoms with van der Waals surface area (Å²) in [7, 11) is 0. The molecule has 16 heavy (non-hydrogen) atoms. The fourth-order valence-electron chi connectivity index (χ4n) is 2.50. The number of hydrogen-bond acceptors (Lipinski definition) is 1. The zero-order valence-electron chi connectivity index (χ0n) is 10.2. The van der Waals surface area contributed by atoms with E-state index in [-0.39, 0.29) is 12.8 Å². The summed E-state index contributed by atoms with van der Waals surface area (Å²) in [6, 6.07) is 0. The Morgan fingerprint density at radius 2 is 1.75 bits per heavy atom. The largest absolute Gasteiger partial charge is 0.406 e. The van der Waals surface area contributed by atoms with Gasteiger partial charge in [-0.1, -0.05) is 20.3 Å². The van der Waals surface area contributed by atoms with Crippen molar-refractivity contribution in [1.29, 1.82) is 0 Å². The molecule has 96 valence electrons. The van der Waals surface area contributed by atoms with Crippen LogP contribution < -0.4 is 5.32 Å². The maximum absolute atomic E-state index is 13.1. The van der Waals surface area contributed by atoms with E-state index in [1.165, 1.54) is 0 Å². The van der Waals surface area contributed by atoms with E-state index in [4.69, 9.17) is 0 Å². The van der Waals surface area contributed by atoms with Gasteiger partial charge in [-0.05, 0) is 44.6 Å². The van der Waals surface area contributed by atoms with E-state index in [9.17, 15) is 13.2 Å². The highest BCUT2D eigenvalue weighted by Crippen LogP contribution is 2.43. The molecular formula is C12H22F3N. The standard InChI is InChI=1S/C12H22F3N/c1-3-9-16-11(12(13,14)15)7-5-10(4-2)6-8-11/h10,16H,3-9H2,1-2H3. The van der Waals surface area contributed by atoms with Gasteiger partial charge in [0.15, 0.2) is 0 Å². The molecule has 1 fully saturated rings. The second kappa shape index (κ2) is 5.39. The molecule has 0 bridgehead atoms. The maximum atomic E-state index is 13.1. The molecule has 0 spiro atoms. The Morgan fingerprint density at radius 1 is 1.19 bits per heavy atom. The number of halogens is 3. The SMILES string of the molecule is CCCNC1(C(F)(F)F)CCC(CC)CC1. The van der Waals surface area contributed by atoms with E-state index in [1.54, 1.807) is 0 Å². The van der Waals surface area contributed by atoms with Gasteiger partial charge in [0, 0.05) is 0 Å². The van der Waals surface area contributed by atoms with E-state index < -0.39 is 11.7 Å². The molecule has 4 heteroatoms. The van der Waals surface area contributed by atoms with Crippen LogP contribution in [-0.2, 0) is 0 Å². The van der Waals surface area contributed by atoms with Crippen molar-refractivity contribution in [3.8, 4) is 0 Å². The van der Waals surface area contributed by atoms with E-state index in [0.717, 1.165) is 12.8 Å². The van der Waals surface area contributed by atoms with Crippen LogP contribution in [0.5, 0.6) is 0 Å². The summed E-state index contributed by atoms with van der Waals surface area (Å²) in [6.45, 7) is 4.41. The molecule has 0 aromatic rings. The molecule has 0 radical (unpaired) electrons. The number of rotatable bonds is 4. The average Bonchev–Trinajstić information content (AvgIpc) is 2.25. The van der Waals surface area contributed by atoms with Gasteiger partial charge in [-0.25, -0.2) is 0 Å². The topological polar surface area (TPSA) is 12.0 Å². The highest BCUT2D eigenvalue weighted by atomic mass is 19.4. The molecule has 0 aromatic carbocycles. The van der Waals surface area contributed by atoms with Crippen LogP contribution in [0.1, 0.15) is 52.4 Å². The van der Waals surface area contributed by atoms with Crippen molar-refractivity contribution < 1.29 is 13.2 Å². The van der Waals surface area contributed by atoms with Crippen LogP contribution in [0.2, 0.25) is 0 Å². The van der Waals surface area contributed by atoms with Crippen LogP contribution in [0, 0.1) is 5.92 Å². The van der Waals surface area contributed by atoms with Crippen LogP contribution in [0.15, 0.2) is 0 Å². The highest BCUT2D eigenvalue weighted by molar-refractivity contribution is 4.98. The van der Waals surface area contributed by atoms with E-state index >= 15 is 0 Å². The third-order valence-electron chi connectivity index (χ3n) is 3.79. The first-order valence-corrected chi connectivity index (χ1v) is 6.27. The Kier molecular flexibility index (Phi) is 4.65. The minimum atomic E-state index is -4.11. The summed E-state index contributed by atoms with van der Waals surface area (Å²) in [5, 5.41) is 2.74. The van der Waals surface area contributed by atoms with Crippen molar-refractivity contribution in [1.82, 2.24) is 5.32 Å². The van der Waals surface area contributed by atoms with Crippen molar-refractivity contribution in [3.05, 3.63) is 0 Å². The maximum Gasteiger partial charge on any atom is 0.406 e. The number of alkyl halides is 3. The first-order valence-electron chi connectivity index (χ1n) is 6.27. The molecule has 1 N–H and O–H groups in total. The van der Waals surface area contributed by atoms with Gasteiger partial charge in [0.1, 0.15) is 5.54 Å². The van der Waals surface area contributed by atoms with Crippen molar-refractivity contribution in [2.24, 2.45) is 5.92 Å². The van der Waals surface area contributed by atoms with Gasteiger partial charge >= 0.3 is 6.18 Å². The molecule has 0 saturated heterocycles. The molecule has 0 aromatic heterocycles. The van der Waals surface area contributed by atoms with Crippen LogP contribution in [0.25, 0.3) is 0 Å². The Hall–Kier alpha value is -0.250. The molecule has 0 unspecified atom stereocenters. The van der Waals surface area contributed by atoms with E-state index in [1.807, 2.05) is 6.92 Å². The van der Waals surface area contributed by atoms with E-state index in [2.05, 4.69) is 12.2 Å². The third-order valence-corrected chi connectivity index (χ3v) is 3.79. The molecular weight excluding hydrogens is 215 g/mol. The zero-order chi connectivity index (χ0) is 12.2. The average molecular weight is 237 g/mol. The van der Waals surface area contributed by atoms with Gasteiger partial charge in [0.05, 0.1) is 0 Å². The van der Waals surface area contributed by atoms with Gasteiger partial charge < -0.3 is 5.32 Å². The molecule has 1 aliphatic carbocycles. The summed E-state index contributed by atoms with van der Waals surface area (Å²) < 4.78 is 39.3. The van der Waals surface area contributed by atoms with Gasteiger partial charge in [-0.15, -0.1) is 0 Å². The van der Waals surface area contributed by atoms with Crippen LogP contribution in [0.4, 0.5) is 13.2 Å². The lowest BCUT2D eigenvalue weighted by Crippen LogP contribution is -2.58. The van der Waals surface area contributed by atoms with Gasteiger partial charge in [0.25, 0.3) is 0 Å². The Balaban J connectivity index is 2.67. The second-order valence-electron chi connectivity index (χ2n) is 4.86. The monoisotopic (exact) mass is 237 g/mol. The summed E-state index contributed by atoms with van der Waals surface area (Å²) >= 11 is 0. The predicted octanol–water partition coefficient (Wildman–Crippen LogP) is 3.89. The smallest absolute Gasteiger partial charge is 0.304 e. The Morgan fingerprint density at radius 3 is 2.12 bits per heavy atom. The first-order chi connectivity index (χ1) is 7.45. The third kappa shape index (κ3) is 2.90. The van der Waals surface area contributed by atoms with Gasteiger partial charge in [0.2, 0.25) is 0 Å². The van der Waals surface area contributed by atoms with Gasteiger partial charge in [-0.2, -0.15) is 13.2 Å². The van der Waals surface area contributed by atoms with Crippen LogP contribution in [-0.4, -0.2) is 18.3 Å². The quantitative estimate of drug-likeness (QED) is 0.782. The van der Waals surface area contributed by atoms with Crippen molar-refractivity contribution in [2.45, 2.75) is 64.1 Å². The highest BCUT2D eigenvalue weighted by Gasteiger charge is 2.54. The lowest BCUT2D eigenvalue weighted by molar-refractivity contribution is -0.207. The lowest BCUT2D eigenvalue weighted by Gasteiger charge is -2.42. The van der Waals surface area contributed by atoms with Crippen molar-refractivity contribution in [2.75, 3.05) is 6.54 Å². The summed E-state index contributed by atoms with van der Waals surface area (Å²) in [6.07, 6.45) is -0.471. The summed E-state index contributed by atoms with van der Waals surface area (Å²) in [5.74, 6) is 0.485. The minimum Gasteiger partial charge on any atom is -0.304 e. The second-order valence-corrected chi connectivity index (χ2v) is 4.86. The Labute approximate surface area is 95.8 Å². The lowest BCUT2D eigenvalue weighted by atomic mass is 9.75. The molecule has 0 amide bonds. The molecule has 0 aliphatic heterocycles. The fraction of sp³-hybridized carbons (Fsp3) is 1.00. The van der Waals surface area contributed by atoms with Crippen molar-refractivity contribution in [3.63, 3.8) is 0 Å². The molecule has 1 saturated carbocycles.